The van der Waals surface area contributed by atoms with Crippen molar-refractivity contribution in [3.63, 3.8) is 0 Å². The van der Waals surface area contributed by atoms with Crippen molar-refractivity contribution in [2.45, 2.75) is 26.3 Å². The van der Waals surface area contributed by atoms with E-state index in [9.17, 15) is 14.7 Å². The van der Waals surface area contributed by atoms with Gasteiger partial charge >= 0.3 is 0 Å². The Labute approximate surface area is 172 Å². The second-order valence-electron chi connectivity index (χ2n) is 5.90. The first-order chi connectivity index (χ1) is 13.9. The maximum atomic E-state index is 10.3. The van der Waals surface area contributed by atoms with Gasteiger partial charge in [-0.25, -0.2) is 0 Å². The summed E-state index contributed by atoms with van der Waals surface area (Å²) in [6, 6.07) is 11.9. The fourth-order valence-corrected chi connectivity index (χ4v) is 2.40. The average Bonchev–Trinajstić information content (AvgIpc) is 2.73. The molecule has 0 aliphatic heterocycles. The van der Waals surface area contributed by atoms with Crippen LogP contribution in [-0.2, 0) is 0 Å². The molecule has 7 nitrogen and oxygen atoms in total. The zero-order valence-electron chi connectivity index (χ0n) is 17.5. The molecule has 0 radical (unpaired) electrons. The van der Waals surface area contributed by atoms with Crippen molar-refractivity contribution < 1.29 is 19.4 Å². The van der Waals surface area contributed by atoms with E-state index in [-0.39, 0.29) is 11.8 Å². The van der Waals surface area contributed by atoms with Gasteiger partial charge in [0.1, 0.15) is 0 Å². The number of aldehydes is 2. The number of aromatic hydroxyl groups is 1. The molecule has 156 valence electrons. The van der Waals surface area contributed by atoms with Gasteiger partial charge in [0.15, 0.2) is 24.1 Å². The number of nitriles is 1. The van der Waals surface area contributed by atoms with Crippen LogP contribution in [0.15, 0.2) is 36.4 Å². The lowest BCUT2D eigenvalue weighted by atomic mass is 10.0. The number of hydrogen-bond donors (Lipinski definition) is 2. The first-order valence-electron chi connectivity index (χ1n) is 9.08. The molecular formula is C22H29N3O4. The second-order valence-corrected chi connectivity index (χ2v) is 5.90. The van der Waals surface area contributed by atoms with Crippen LogP contribution in [0.1, 0.15) is 52.6 Å². The molecule has 0 aliphatic carbocycles. The number of hydrogen-bond acceptors (Lipinski definition) is 7. The number of anilines is 1. The number of phenolic OH excluding ortho intramolecular Hbond substituents is 1. The number of nitrogens with zero attached hydrogens (tertiary/aromatic N) is 2. The number of carbonyl (C=O) groups is 2. The summed E-state index contributed by atoms with van der Waals surface area (Å²) in [6.07, 6.45) is 1.63. The monoisotopic (exact) mass is 399 g/mol. The Kier molecular flexibility index (Phi) is 12.1. The third-order valence-electron chi connectivity index (χ3n) is 3.86. The molecule has 3 N–H and O–H groups in total. The van der Waals surface area contributed by atoms with E-state index in [0.717, 1.165) is 5.56 Å². The second kappa shape index (κ2) is 13.7. The van der Waals surface area contributed by atoms with Gasteiger partial charge < -0.3 is 20.5 Å². The SMILES string of the molecule is CC.COc1ccc(C(CC#N)N(C)C)cc1O.Nc1ccc(C=O)c(C=O)c1. The van der Waals surface area contributed by atoms with Gasteiger partial charge in [-0.3, -0.25) is 9.59 Å². The molecule has 0 aliphatic rings. The number of carbonyl (C=O) groups excluding carboxylic acids is 2. The summed E-state index contributed by atoms with van der Waals surface area (Å²) in [4.78, 5) is 22.6. The van der Waals surface area contributed by atoms with Crippen LogP contribution in [0, 0.1) is 11.3 Å². The molecule has 0 bridgehead atoms. The molecule has 0 heterocycles. The smallest absolute Gasteiger partial charge is 0.160 e. The van der Waals surface area contributed by atoms with Crippen molar-refractivity contribution in [3.8, 4) is 17.6 Å². The Morgan fingerprint density at radius 1 is 1.14 bits per heavy atom. The van der Waals surface area contributed by atoms with E-state index in [0.29, 0.717) is 41.6 Å². The summed E-state index contributed by atoms with van der Waals surface area (Å²) in [6.45, 7) is 4.00. The highest BCUT2D eigenvalue weighted by Crippen LogP contribution is 2.31. The zero-order valence-corrected chi connectivity index (χ0v) is 17.5. The molecule has 2 aromatic rings. The zero-order chi connectivity index (χ0) is 22.4. The third-order valence-corrected chi connectivity index (χ3v) is 3.86. The minimum Gasteiger partial charge on any atom is -0.504 e. The van der Waals surface area contributed by atoms with Gasteiger partial charge in [0.2, 0.25) is 0 Å². The highest BCUT2D eigenvalue weighted by Gasteiger charge is 2.15. The van der Waals surface area contributed by atoms with Crippen molar-refractivity contribution in [3.05, 3.63) is 53.1 Å². The lowest BCUT2D eigenvalue weighted by molar-refractivity contribution is 0.109. The number of nitrogen functional groups attached to an aromatic ring is 1. The maximum Gasteiger partial charge on any atom is 0.160 e. The molecule has 7 heteroatoms. The Hall–Kier alpha value is -3.37. The van der Waals surface area contributed by atoms with Crippen molar-refractivity contribution in [1.29, 1.82) is 5.26 Å². The van der Waals surface area contributed by atoms with E-state index in [1.165, 1.54) is 19.2 Å². The normalized spacial score (nSPS) is 10.4. The number of rotatable bonds is 6. The Bertz CT molecular complexity index is 829. The minimum absolute atomic E-state index is 0.0122. The maximum absolute atomic E-state index is 10.3. The van der Waals surface area contributed by atoms with Crippen LogP contribution in [0.4, 0.5) is 5.69 Å². The summed E-state index contributed by atoms with van der Waals surface area (Å²) in [5.41, 5.74) is 7.48. The first-order valence-corrected chi connectivity index (χ1v) is 9.08. The van der Waals surface area contributed by atoms with Gasteiger partial charge in [-0.1, -0.05) is 19.9 Å². The summed E-state index contributed by atoms with van der Waals surface area (Å²) in [5.74, 6) is 0.544. The van der Waals surface area contributed by atoms with Crippen molar-refractivity contribution in [2.75, 3.05) is 26.9 Å². The molecule has 0 amide bonds. The van der Waals surface area contributed by atoms with Gasteiger partial charge in [0.05, 0.1) is 19.6 Å². The molecule has 0 saturated heterocycles. The van der Waals surface area contributed by atoms with Crippen molar-refractivity contribution >= 4 is 18.3 Å². The van der Waals surface area contributed by atoms with Gasteiger partial charge in [-0.2, -0.15) is 5.26 Å². The molecule has 2 rings (SSSR count). The highest BCUT2D eigenvalue weighted by molar-refractivity contribution is 5.91. The van der Waals surface area contributed by atoms with Gasteiger partial charge in [-0.05, 0) is 50.0 Å². The predicted octanol–water partition coefficient (Wildman–Crippen LogP) is 3.84. The van der Waals surface area contributed by atoms with Crippen LogP contribution in [0.5, 0.6) is 11.5 Å². The van der Waals surface area contributed by atoms with E-state index in [1.54, 1.807) is 18.2 Å². The molecule has 0 saturated carbocycles. The molecule has 1 unspecified atom stereocenters. The Morgan fingerprint density at radius 2 is 1.76 bits per heavy atom. The van der Waals surface area contributed by atoms with Crippen LogP contribution in [-0.4, -0.2) is 43.8 Å². The van der Waals surface area contributed by atoms with E-state index < -0.39 is 0 Å². The first kappa shape index (κ1) is 25.6. The standard InChI is InChI=1S/C12H16N2O2.C8H7NO2.C2H6/c1-14(2)10(6-7-13)9-4-5-12(16-3)11(15)8-9;9-8-2-1-6(4-10)7(3-8)5-11;1-2/h4-5,8,10,15H,6H2,1-3H3;1-5H,9H2;1-2H3. The Morgan fingerprint density at radius 3 is 2.21 bits per heavy atom. The molecular weight excluding hydrogens is 370 g/mol. The number of benzene rings is 2. The van der Waals surface area contributed by atoms with Crippen LogP contribution >= 0.6 is 0 Å². The highest BCUT2D eigenvalue weighted by atomic mass is 16.5. The third kappa shape index (κ3) is 8.03. The lowest BCUT2D eigenvalue weighted by Gasteiger charge is -2.22. The van der Waals surface area contributed by atoms with Gasteiger partial charge in [-0.15, -0.1) is 0 Å². The van der Waals surface area contributed by atoms with E-state index in [1.807, 2.05) is 38.9 Å². The minimum atomic E-state index is -0.0122. The van der Waals surface area contributed by atoms with Gasteiger partial charge in [0, 0.05) is 22.9 Å². The summed E-state index contributed by atoms with van der Waals surface area (Å²) in [5, 5.41) is 18.4. The predicted molar refractivity (Wildman–Crippen MR) is 114 cm³/mol. The summed E-state index contributed by atoms with van der Waals surface area (Å²) >= 11 is 0. The number of ether oxygens (including phenoxy) is 1. The van der Waals surface area contributed by atoms with E-state index >= 15 is 0 Å². The quantitative estimate of drug-likeness (QED) is 0.560. The Balaban J connectivity index is 0.000000526. The number of nitrogens with two attached hydrogens (primary N) is 1. The fourth-order valence-electron chi connectivity index (χ4n) is 2.40. The van der Waals surface area contributed by atoms with Crippen molar-refractivity contribution in [1.82, 2.24) is 4.90 Å². The fraction of sp³-hybridized carbons (Fsp3) is 0.318. The molecule has 0 fully saturated rings. The van der Waals surface area contributed by atoms with E-state index in [4.69, 9.17) is 15.7 Å². The summed E-state index contributed by atoms with van der Waals surface area (Å²) in [7, 11) is 5.32. The number of phenols is 1. The van der Waals surface area contributed by atoms with Crippen LogP contribution in [0.2, 0.25) is 0 Å². The topological polar surface area (TPSA) is 117 Å². The molecule has 0 spiro atoms. The van der Waals surface area contributed by atoms with Crippen LogP contribution in [0.25, 0.3) is 0 Å². The lowest BCUT2D eigenvalue weighted by Crippen LogP contribution is -2.19. The van der Waals surface area contributed by atoms with Gasteiger partial charge in [0.25, 0.3) is 0 Å². The molecule has 0 aromatic heterocycles. The summed E-state index contributed by atoms with van der Waals surface area (Å²) < 4.78 is 4.97. The largest absolute Gasteiger partial charge is 0.504 e. The number of methoxy groups -OCH3 is 1. The average molecular weight is 399 g/mol. The molecule has 2 aromatic carbocycles. The van der Waals surface area contributed by atoms with Crippen LogP contribution < -0.4 is 10.5 Å². The van der Waals surface area contributed by atoms with Crippen molar-refractivity contribution in [2.24, 2.45) is 0 Å². The van der Waals surface area contributed by atoms with Crippen LogP contribution in [0.3, 0.4) is 0 Å². The molecule has 29 heavy (non-hydrogen) atoms. The van der Waals surface area contributed by atoms with E-state index in [2.05, 4.69) is 6.07 Å². The molecule has 1 atom stereocenters.